The molecule has 0 atom stereocenters. The van der Waals surface area contributed by atoms with Crippen LogP contribution in [0.25, 0.3) is 0 Å². The van der Waals surface area contributed by atoms with Gasteiger partial charge in [-0.05, 0) is 44.3 Å². The molecule has 0 radical (unpaired) electrons. The molecule has 0 fully saturated rings. The third kappa shape index (κ3) is 4.40. The van der Waals surface area contributed by atoms with Crippen molar-refractivity contribution in [2.45, 2.75) is 13.5 Å². The largest absolute Gasteiger partial charge is 0.311 e. The fourth-order valence-electron chi connectivity index (χ4n) is 1.38. The van der Waals surface area contributed by atoms with E-state index in [1.54, 1.807) is 6.07 Å². The standard InChI is InChI=1S/C12H19FN2/c1-10-8-12(13)5-4-11(10)9-14-6-7-15(2)3/h4-5,8,14H,6-7,9H2,1-3H3. The molecule has 2 nitrogen and oxygen atoms in total. The molecule has 0 saturated heterocycles. The van der Waals surface area contributed by atoms with E-state index < -0.39 is 0 Å². The number of nitrogens with zero attached hydrogens (tertiary/aromatic N) is 1. The number of rotatable bonds is 5. The molecule has 84 valence electrons. The molecule has 0 aromatic heterocycles. The van der Waals surface area contributed by atoms with Crippen molar-refractivity contribution in [3.05, 3.63) is 35.1 Å². The van der Waals surface area contributed by atoms with Crippen LogP contribution in [0.15, 0.2) is 18.2 Å². The Morgan fingerprint density at radius 1 is 1.33 bits per heavy atom. The molecule has 1 aromatic carbocycles. The van der Waals surface area contributed by atoms with Gasteiger partial charge in [-0.15, -0.1) is 0 Å². The Balaban J connectivity index is 2.37. The lowest BCUT2D eigenvalue weighted by Crippen LogP contribution is -2.26. The summed E-state index contributed by atoms with van der Waals surface area (Å²) in [7, 11) is 4.09. The second-order valence-electron chi connectivity index (χ2n) is 4.05. The monoisotopic (exact) mass is 210 g/mol. The Morgan fingerprint density at radius 3 is 2.67 bits per heavy atom. The molecular formula is C12H19FN2. The lowest BCUT2D eigenvalue weighted by atomic mass is 10.1. The highest BCUT2D eigenvalue weighted by atomic mass is 19.1. The van der Waals surface area contributed by atoms with Gasteiger partial charge in [0.1, 0.15) is 5.82 Å². The normalized spacial score (nSPS) is 11.0. The number of hydrogen-bond acceptors (Lipinski definition) is 2. The van der Waals surface area contributed by atoms with Crippen LogP contribution < -0.4 is 5.32 Å². The molecular weight excluding hydrogens is 191 g/mol. The summed E-state index contributed by atoms with van der Waals surface area (Å²) >= 11 is 0. The molecule has 1 N–H and O–H groups in total. The number of likely N-dealkylation sites (N-methyl/N-ethyl adjacent to an activating group) is 1. The molecule has 1 rings (SSSR count). The average Bonchev–Trinajstić information content (AvgIpc) is 2.14. The molecule has 0 aliphatic rings. The Bertz CT molecular complexity index is 310. The zero-order valence-electron chi connectivity index (χ0n) is 9.68. The van der Waals surface area contributed by atoms with Crippen LogP contribution in [0.3, 0.4) is 0 Å². The van der Waals surface area contributed by atoms with Crippen molar-refractivity contribution in [3.63, 3.8) is 0 Å². The summed E-state index contributed by atoms with van der Waals surface area (Å²) in [6.45, 7) is 4.70. The van der Waals surface area contributed by atoms with Gasteiger partial charge < -0.3 is 10.2 Å². The van der Waals surface area contributed by atoms with Crippen LogP contribution >= 0.6 is 0 Å². The second kappa shape index (κ2) is 5.83. The van der Waals surface area contributed by atoms with Crippen molar-refractivity contribution in [1.82, 2.24) is 10.2 Å². The van der Waals surface area contributed by atoms with Crippen LogP contribution in [-0.4, -0.2) is 32.1 Å². The molecule has 3 heteroatoms. The first-order valence-electron chi connectivity index (χ1n) is 5.20. The summed E-state index contributed by atoms with van der Waals surface area (Å²) in [5.74, 6) is -0.162. The minimum atomic E-state index is -0.162. The molecule has 0 heterocycles. The number of aryl methyl sites for hydroxylation is 1. The Hall–Kier alpha value is -0.930. The summed E-state index contributed by atoms with van der Waals surface area (Å²) in [6.07, 6.45) is 0. The van der Waals surface area contributed by atoms with Crippen LogP contribution in [0.5, 0.6) is 0 Å². The molecule has 0 unspecified atom stereocenters. The van der Waals surface area contributed by atoms with E-state index in [0.29, 0.717) is 0 Å². The van der Waals surface area contributed by atoms with Crippen molar-refractivity contribution in [1.29, 1.82) is 0 Å². The van der Waals surface area contributed by atoms with Crippen LogP contribution in [0.4, 0.5) is 4.39 Å². The minimum absolute atomic E-state index is 0.162. The van der Waals surface area contributed by atoms with Gasteiger partial charge in [-0.1, -0.05) is 6.07 Å². The molecule has 0 spiro atoms. The number of hydrogen-bond donors (Lipinski definition) is 1. The van der Waals surface area contributed by atoms with Crippen molar-refractivity contribution in [3.8, 4) is 0 Å². The van der Waals surface area contributed by atoms with E-state index in [2.05, 4.69) is 10.2 Å². The summed E-state index contributed by atoms with van der Waals surface area (Å²) in [6, 6.07) is 4.92. The summed E-state index contributed by atoms with van der Waals surface area (Å²) in [4.78, 5) is 2.13. The second-order valence-corrected chi connectivity index (χ2v) is 4.05. The first-order chi connectivity index (χ1) is 7.09. The van der Waals surface area contributed by atoms with Gasteiger partial charge in [-0.25, -0.2) is 4.39 Å². The van der Waals surface area contributed by atoms with E-state index in [-0.39, 0.29) is 5.82 Å². The van der Waals surface area contributed by atoms with Crippen molar-refractivity contribution in [2.75, 3.05) is 27.2 Å². The van der Waals surface area contributed by atoms with Gasteiger partial charge >= 0.3 is 0 Å². The van der Waals surface area contributed by atoms with Gasteiger partial charge in [0.15, 0.2) is 0 Å². The van der Waals surface area contributed by atoms with Gasteiger partial charge in [0, 0.05) is 19.6 Å². The fraction of sp³-hybridized carbons (Fsp3) is 0.500. The Morgan fingerprint density at radius 2 is 2.07 bits per heavy atom. The van der Waals surface area contributed by atoms with Gasteiger partial charge in [0.05, 0.1) is 0 Å². The van der Waals surface area contributed by atoms with E-state index >= 15 is 0 Å². The van der Waals surface area contributed by atoms with Crippen LogP contribution in [0.2, 0.25) is 0 Å². The molecule has 0 bridgehead atoms. The lowest BCUT2D eigenvalue weighted by Gasteiger charge is -2.11. The van der Waals surface area contributed by atoms with E-state index in [1.165, 1.54) is 6.07 Å². The quantitative estimate of drug-likeness (QED) is 0.745. The molecule has 0 aliphatic carbocycles. The number of nitrogens with one attached hydrogen (secondary N) is 1. The third-order valence-electron chi connectivity index (χ3n) is 2.36. The van der Waals surface area contributed by atoms with E-state index in [1.807, 2.05) is 27.1 Å². The van der Waals surface area contributed by atoms with Crippen molar-refractivity contribution < 1.29 is 4.39 Å². The third-order valence-corrected chi connectivity index (χ3v) is 2.36. The zero-order valence-corrected chi connectivity index (χ0v) is 9.68. The molecule has 1 aromatic rings. The average molecular weight is 210 g/mol. The smallest absolute Gasteiger partial charge is 0.123 e. The van der Waals surface area contributed by atoms with Crippen LogP contribution in [0.1, 0.15) is 11.1 Å². The fourth-order valence-corrected chi connectivity index (χ4v) is 1.38. The van der Waals surface area contributed by atoms with Gasteiger partial charge in [0.2, 0.25) is 0 Å². The highest BCUT2D eigenvalue weighted by Gasteiger charge is 1.99. The topological polar surface area (TPSA) is 15.3 Å². The van der Waals surface area contributed by atoms with E-state index in [9.17, 15) is 4.39 Å². The van der Waals surface area contributed by atoms with Gasteiger partial charge in [0.25, 0.3) is 0 Å². The maximum atomic E-state index is 12.8. The zero-order chi connectivity index (χ0) is 11.3. The molecule has 0 aliphatic heterocycles. The minimum Gasteiger partial charge on any atom is -0.311 e. The first-order valence-corrected chi connectivity index (χ1v) is 5.20. The van der Waals surface area contributed by atoms with Crippen LogP contribution in [-0.2, 0) is 6.54 Å². The summed E-state index contributed by atoms with van der Waals surface area (Å²) < 4.78 is 12.8. The van der Waals surface area contributed by atoms with Crippen molar-refractivity contribution in [2.24, 2.45) is 0 Å². The highest BCUT2D eigenvalue weighted by molar-refractivity contribution is 5.26. The number of halogens is 1. The number of benzene rings is 1. The van der Waals surface area contributed by atoms with Crippen LogP contribution in [0, 0.1) is 12.7 Å². The predicted molar refractivity (Wildman–Crippen MR) is 61.4 cm³/mol. The van der Waals surface area contributed by atoms with Gasteiger partial charge in [-0.2, -0.15) is 0 Å². The molecule has 0 saturated carbocycles. The van der Waals surface area contributed by atoms with Crippen molar-refractivity contribution >= 4 is 0 Å². The maximum Gasteiger partial charge on any atom is 0.123 e. The highest BCUT2D eigenvalue weighted by Crippen LogP contribution is 2.09. The Labute approximate surface area is 91.1 Å². The maximum absolute atomic E-state index is 12.8. The molecule has 15 heavy (non-hydrogen) atoms. The predicted octanol–water partition coefficient (Wildman–Crippen LogP) is 1.79. The summed E-state index contributed by atoms with van der Waals surface area (Å²) in [5.41, 5.74) is 2.17. The van der Waals surface area contributed by atoms with E-state index in [0.717, 1.165) is 30.8 Å². The SMILES string of the molecule is Cc1cc(F)ccc1CNCCN(C)C. The lowest BCUT2D eigenvalue weighted by molar-refractivity contribution is 0.400. The molecule has 0 amide bonds. The first kappa shape index (κ1) is 12.1. The van der Waals surface area contributed by atoms with Gasteiger partial charge in [-0.3, -0.25) is 0 Å². The van der Waals surface area contributed by atoms with E-state index in [4.69, 9.17) is 0 Å². The Kier molecular flexibility index (Phi) is 4.72. The summed E-state index contributed by atoms with van der Waals surface area (Å²) in [5, 5.41) is 3.33.